The van der Waals surface area contributed by atoms with Gasteiger partial charge >= 0.3 is 0 Å². The SMILES string of the molecule is Cc1ccc(-n2nc3ccc(NC(=O)c4ccc5ccccc5c4)cc3n2)cc1C. The average molecular weight is 392 g/mol. The Hall–Kier alpha value is -3.99. The fourth-order valence-corrected chi connectivity index (χ4v) is 3.49. The molecule has 0 bridgehead atoms. The molecule has 0 fully saturated rings. The molecule has 1 N–H and O–H groups in total. The fraction of sp³-hybridized carbons (Fsp3) is 0.0800. The first-order chi connectivity index (χ1) is 14.6. The van der Waals surface area contributed by atoms with Gasteiger partial charge in [-0.05, 0) is 78.2 Å². The number of carbonyl (C=O) groups is 1. The van der Waals surface area contributed by atoms with Crippen LogP contribution in [-0.2, 0) is 0 Å². The highest BCUT2D eigenvalue weighted by Crippen LogP contribution is 2.21. The number of benzene rings is 4. The van der Waals surface area contributed by atoms with Crippen molar-refractivity contribution in [1.82, 2.24) is 15.0 Å². The van der Waals surface area contributed by atoms with E-state index >= 15 is 0 Å². The second kappa shape index (κ2) is 7.12. The van der Waals surface area contributed by atoms with E-state index in [4.69, 9.17) is 0 Å². The summed E-state index contributed by atoms with van der Waals surface area (Å²) in [7, 11) is 0. The molecule has 5 aromatic rings. The van der Waals surface area contributed by atoms with Crippen molar-refractivity contribution in [3.63, 3.8) is 0 Å². The summed E-state index contributed by atoms with van der Waals surface area (Å²) in [6.07, 6.45) is 0. The Bertz CT molecular complexity index is 1420. The first-order valence-electron chi connectivity index (χ1n) is 9.82. The van der Waals surface area contributed by atoms with Gasteiger partial charge < -0.3 is 5.32 Å². The topological polar surface area (TPSA) is 59.8 Å². The van der Waals surface area contributed by atoms with E-state index in [0.29, 0.717) is 11.3 Å². The minimum Gasteiger partial charge on any atom is -0.322 e. The van der Waals surface area contributed by atoms with Gasteiger partial charge in [-0.1, -0.05) is 36.4 Å². The van der Waals surface area contributed by atoms with Gasteiger partial charge in [-0.2, -0.15) is 4.80 Å². The molecule has 0 saturated carbocycles. The summed E-state index contributed by atoms with van der Waals surface area (Å²) < 4.78 is 0. The number of nitrogens with zero attached hydrogens (tertiary/aromatic N) is 3. The van der Waals surface area contributed by atoms with Crippen LogP contribution in [0.1, 0.15) is 21.5 Å². The van der Waals surface area contributed by atoms with Crippen molar-refractivity contribution < 1.29 is 4.79 Å². The Labute approximate surface area is 174 Å². The van der Waals surface area contributed by atoms with Crippen LogP contribution < -0.4 is 5.32 Å². The lowest BCUT2D eigenvalue weighted by Crippen LogP contribution is -2.11. The van der Waals surface area contributed by atoms with Gasteiger partial charge in [-0.3, -0.25) is 4.79 Å². The molecule has 0 saturated heterocycles. The number of aromatic nitrogens is 3. The number of rotatable bonds is 3. The second-order valence-corrected chi connectivity index (χ2v) is 7.48. The summed E-state index contributed by atoms with van der Waals surface area (Å²) in [6, 6.07) is 25.4. The van der Waals surface area contributed by atoms with E-state index in [9.17, 15) is 4.79 Å². The van der Waals surface area contributed by atoms with Crippen LogP contribution in [-0.4, -0.2) is 20.9 Å². The molecule has 4 aromatic carbocycles. The summed E-state index contributed by atoms with van der Waals surface area (Å²) in [5.41, 5.74) is 6.14. The number of hydrogen-bond acceptors (Lipinski definition) is 3. The van der Waals surface area contributed by atoms with Crippen molar-refractivity contribution in [3.05, 3.63) is 95.6 Å². The predicted molar refractivity (Wildman–Crippen MR) is 120 cm³/mol. The Morgan fingerprint density at radius 1 is 0.767 bits per heavy atom. The molecule has 146 valence electrons. The smallest absolute Gasteiger partial charge is 0.255 e. The second-order valence-electron chi connectivity index (χ2n) is 7.48. The van der Waals surface area contributed by atoms with E-state index in [1.54, 1.807) is 4.80 Å². The third-order valence-corrected chi connectivity index (χ3v) is 5.37. The Kier molecular flexibility index (Phi) is 4.29. The molecule has 1 heterocycles. The van der Waals surface area contributed by atoms with E-state index in [2.05, 4.69) is 41.5 Å². The minimum atomic E-state index is -0.151. The summed E-state index contributed by atoms with van der Waals surface area (Å²) >= 11 is 0. The van der Waals surface area contributed by atoms with Crippen LogP contribution in [0.5, 0.6) is 0 Å². The quantitative estimate of drug-likeness (QED) is 0.445. The van der Waals surface area contributed by atoms with Crippen molar-refractivity contribution in [1.29, 1.82) is 0 Å². The summed E-state index contributed by atoms with van der Waals surface area (Å²) in [4.78, 5) is 14.4. The maximum absolute atomic E-state index is 12.7. The van der Waals surface area contributed by atoms with E-state index in [1.807, 2.05) is 66.7 Å². The number of nitrogens with one attached hydrogen (secondary N) is 1. The highest BCUT2D eigenvalue weighted by molar-refractivity contribution is 6.07. The van der Waals surface area contributed by atoms with E-state index in [1.165, 1.54) is 11.1 Å². The van der Waals surface area contributed by atoms with Crippen LogP contribution in [0.2, 0.25) is 0 Å². The molecule has 0 aliphatic heterocycles. The van der Waals surface area contributed by atoms with Crippen LogP contribution in [0.3, 0.4) is 0 Å². The third-order valence-electron chi connectivity index (χ3n) is 5.37. The lowest BCUT2D eigenvalue weighted by molar-refractivity contribution is 0.102. The lowest BCUT2D eigenvalue weighted by atomic mass is 10.1. The van der Waals surface area contributed by atoms with Gasteiger partial charge in [0.1, 0.15) is 11.0 Å². The average Bonchev–Trinajstić information content (AvgIpc) is 3.18. The molecule has 0 spiro atoms. The molecule has 1 aromatic heterocycles. The largest absolute Gasteiger partial charge is 0.322 e. The lowest BCUT2D eigenvalue weighted by Gasteiger charge is -2.06. The van der Waals surface area contributed by atoms with Gasteiger partial charge in [0.15, 0.2) is 0 Å². The first-order valence-corrected chi connectivity index (χ1v) is 9.82. The van der Waals surface area contributed by atoms with Gasteiger partial charge in [0.25, 0.3) is 5.91 Å². The molecule has 5 rings (SSSR count). The monoisotopic (exact) mass is 392 g/mol. The number of hydrogen-bond donors (Lipinski definition) is 1. The molecule has 5 nitrogen and oxygen atoms in total. The van der Waals surface area contributed by atoms with Crippen LogP contribution in [0.4, 0.5) is 5.69 Å². The van der Waals surface area contributed by atoms with Crippen LogP contribution in [0, 0.1) is 13.8 Å². The Morgan fingerprint density at radius 3 is 2.40 bits per heavy atom. The van der Waals surface area contributed by atoms with Crippen molar-refractivity contribution in [2.24, 2.45) is 0 Å². The molecule has 0 atom stereocenters. The van der Waals surface area contributed by atoms with E-state index < -0.39 is 0 Å². The molecule has 0 aliphatic carbocycles. The molecule has 30 heavy (non-hydrogen) atoms. The van der Waals surface area contributed by atoms with Gasteiger partial charge in [0.2, 0.25) is 0 Å². The number of amides is 1. The van der Waals surface area contributed by atoms with Crippen molar-refractivity contribution in [3.8, 4) is 5.69 Å². The number of fused-ring (bicyclic) bond motifs is 2. The maximum Gasteiger partial charge on any atom is 0.255 e. The molecule has 0 radical (unpaired) electrons. The van der Waals surface area contributed by atoms with Crippen molar-refractivity contribution >= 4 is 33.4 Å². The fourth-order valence-electron chi connectivity index (χ4n) is 3.49. The Morgan fingerprint density at radius 2 is 1.57 bits per heavy atom. The van der Waals surface area contributed by atoms with Crippen molar-refractivity contribution in [2.75, 3.05) is 5.32 Å². The number of anilines is 1. The first kappa shape index (κ1) is 18.1. The predicted octanol–water partition coefficient (Wildman–Crippen LogP) is 5.44. The zero-order chi connectivity index (χ0) is 20.7. The molecule has 0 unspecified atom stereocenters. The van der Waals surface area contributed by atoms with Gasteiger partial charge in [-0.15, -0.1) is 10.2 Å². The highest BCUT2D eigenvalue weighted by atomic mass is 16.1. The highest BCUT2D eigenvalue weighted by Gasteiger charge is 2.10. The standard InChI is InChI=1S/C25H20N4O/c1-16-7-11-22(13-17(16)2)29-27-23-12-10-21(15-24(23)28-29)26-25(30)20-9-8-18-5-3-4-6-19(18)14-20/h3-15H,1-2H3,(H,26,30). The third kappa shape index (κ3) is 3.31. The van der Waals surface area contributed by atoms with Crippen LogP contribution in [0.25, 0.3) is 27.5 Å². The Balaban J connectivity index is 1.42. The van der Waals surface area contributed by atoms with Gasteiger partial charge in [-0.25, -0.2) is 0 Å². The number of aryl methyl sites for hydroxylation is 2. The minimum absolute atomic E-state index is 0.151. The zero-order valence-electron chi connectivity index (χ0n) is 16.8. The van der Waals surface area contributed by atoms with Crippen LogP contribution in [0.15, 0.2) is 78.9 Å². The zero-order valence-corrected chi connectivity index (χ0v) is 16.8. The van der Waals surface area contributed by atoms with Crippen molar-refractivity contribution in [2.45, 2.75) is 13.8 Å². The number of carbonyl (C=O) groups excluding carboxylic acids is 1. The van der Waals surface area contributed by atoms with E-state index in [-0.39, 0.29) is 5.91 Å². The summed E-state index contributed by atoms with van der Waals surface area (Å²) in [5, 5.41) is 14.3. The molecule has 1 amide bonds. The molecular formula is C25H20N4O. The van der Waals surface area contributed by atoms with Gasteiger partial charge in [0, 0.05) is 11.3 Å². The summed E-state index contributed by atoms with van der Waals surface area (Å²) in [6.45, 7) is 4.15. The van der Waals surface area contributed by atoms with E-state index in [0.717, 1.165) is 27.5 Å². The van der Waals surface area contributed by atoms with Gasteiger partial charge in [0.05, 0.1) is 5.69 Å². The van der Waals surface area contributed by atoms with Crippen LogP contribution >= 0.6 is 0 Å². The molecular weight excluding hydrogens is 372 g/mol. The maximum atomic E-state index is 12.7. The molecule has 0 aliphatic rings. The molecule has 5 heteroatoms. The normalized spacial score (nSPS) is 11.1. The summed E-state index contributed by atoms with van der Waals surface area (Å²) in [5.74, 6) is -0.151.